The van der Waals surface area contributed by atoms with Crippen molar-refractivity contribution in [1.82, 2.24) is 4.98 Å². The van der Waals surface area contributed by atoms with E-state index in [1.54, 1.807) is 31.5 Å². The molecule has 0 spiro atoms. The Hall–Kier alpha value is -2.27. The average molecular weight is 362 g/mol. The molecule has 0 fully saturated rings. The largest absolute Gasteiger partial charge is 0.495 e. The Bertz CT molecular complexity index is 716. The minimum atomic E-state index is -0.268. The summed E-state index contributed by atoms with van der Waals surface area (Å²) in [6.45, 7) is 6.19. The highest BCUT2D eigenvalue weighted by Gasteiger charge is 2.12. The number of hydrogen-bond acceptors (Lipinski definition) is 4. The van der Waals surface area contributed by atoms with Crippen LogP contribution in [0.5, 0.6) is 5.75 Å². The number of ether oxygens (including phenoxy) is 1. The van der Waals surface area contributed by atoms with Crippen LogP contribution < -0.4 is 15.0 Å². The van der Waals surface area contributed by atoms with Crippen molar-refractivity contribution < 1.29 is 9.53 Å². The molecule has 0 aliphatic heterocycles. The Morgan fingerprint density at radius 2 is 1.92 bits per heavy atom. The molecule has 0 radical (unpaired) electrons. The quantitative estimate of drug-likeness (QED) is 0.745. The number of amides is 1. The van der Waals surface area contributed by atoms with Crippen molar-refractivity contribution in [2.24, 2.45) is 0 Å². The third-order valence-electron chi connectivity index (χ3n) is 3.74. The zero-order chi connectivity index (χ0) is 18.2. The first-order valence-corrected chi connectivity index (χ1v) is 8.82. The lowest BCUT2D eigenvalue weighted by Gasteiger charge is -2.23. The molecule has 0 bridgehead atoms. The van der Waals surface area contributed by atoms with E-state index < -0.39 is 0 Å². The second-order valence-electron chi connectivity index (χ2n) is 5.69. The maximum absolute atomic E-state index is 12.5. The lowest BCUT2D eigenvalue weighted by atomic mass is 10.2. The molecule has 1 aromatic carbocycles. The third-order valence-corrected chi connectivity index (χ3v) is 4.03. The monoisotopic (exact) mass is 361 g/mol. The van der Waals surface area contributed by atoms with Crippen LogP contribution in [0.15, 0.2) is 36.5 Å². The Morgan fingerprint density at radius 3 is 2.52 bits per heavy atom. The number of carbonyl (C=O) groups excluding carboxylic acids is 1. The summed E-state index contributed by atoms with van der Waals surface area (Å²) in [5, 5.41) is 3.26. The van der Waals surface area contributed by atoms with Gasteiger partial charge in [-0.1, -0.05) is 25.4 Å². The van der Waals surface area contributed by atoms with Crippen molar-refractivity contribution in [3.8, 4) is 5.75 Å². The number of carbonyl (C=O) groups is 1. The SMILES string of the molecule is CCCN(CCC)c1ccnc(C(=O)Nc2ccc(OC)c(Cl)c2)c1. The molecule has 0 unspecified atom stereocenters. The first-order chi connectivity index (χ1) is 12.1. The van der Waals surface area contributed by atoms with Crippen LogP contribution in [0.1, 0.15) is 37.2 Å². The summed E-state index contributed by atoms with van der Waals surface area (Å²) in [6.07, 6.45) is 3.77. The van der Waals surface area contributed by atoms with Gasteiger partial charge in [-0.25, -0.2) is 0 Å². The number of nitrogens with one attached hydrogen (secondary N) is 1. The highest BCUT2D eigenvalue weighted by Crippen LogP contribution is 2.27. The van der Waals surface area contributed by atoms with Crippen LogP contribution in [-0.2, 0) is 0 Å². The summed E-state index contributed by atoms with van der Waals surface area (Å²) in [5.74, 6) is 0.297. The van der Waals surface area contributed by atoms with Gasteiger partial charge in [0, 0.05) is 30.7 Å². The fourth-order valence-corrected chi connectivity index (χ4v) is 2.85. The standard InChI is InChI=1S/C19H24ClN3O2/c1-4-10-23(11-5-2)15-8-9-21-17(13-15)19(24)22-14-6-7-18(25-3)16(20)12-14/h6-9,12-13H,4-5,10-11H2,1-3H3,(H,22,24). The average Bonchev–Trinajstić information content (AvgIpc) is 2.62. The van der Waals surface area contributed by atoms with Gasteiger partial charge < -0.3 is 15.0 Å². The zero-order valence-electron chi connectivity index (χ0n) is 14.9. The van der Waals surface area contributed by atoms with Crippen LogP contribution in [0.3, 0.4) is 0 Å². The van der Waals surface area contributed by atoms with Gasteiger partial charge in [-0.2, -0.15) is 0 Å². The Balaban J connectivity index is 2.16. The van der Waals surface area contributed by atoms with Gasteiger partial charge in [-0.15, -0.1) is 0 Å². The van der Waals surface area contributed by atoms with Crippen molar-refractivity contribution in [3.63, 3.8) is 0 Å². The Kier molecular flexibility index (Phi) is 7.07. The number of aromatic nitrogens is 1. The molecular weight excluding hydrogens is 338 g/mol. The summed E-state index contributed by atoms with van der Waals surface area (Å²) in [4.78, 5) is 19.0. The lowest BCUT2D eigenvalue weighted by molar-refractivity contribution is 0.102. The first kappa shape index (κ1) is 19.1. The van der Waals surface area contributed by atoms with Crippen LogP contribution in [0, 0.1) is 0 Å². The zero-order valence-corrected chi connectivity index (χ0v) is 15.6. The summed E-state index contributed by atoms with van der Waals surface area (Å²) in [5.41, 5.74) is 1.99. The van der Waals surface area contributed by atoms with Crippen LogP contribution in [0.25, 0.3) is 0 Å². The highest BCUT2D eigenvalue weighted by molar-refractivity contribution is 6.32. The molecule has 0 saturated carbocycles. The fourth-order valence-electron chi connectivity index (χ4n) is 2.59. The summed E-state index contributed by atoms with van der Waals surface area (Å²) in [7, 11) is 1.55. The molecule has 1 N–H and O–H groups in total. The molecule has 0 aliphatic carbocycles. The predicted molar refractivity (Wildman–Crippen MR) is 103 cm³/mol. The number of halogens is 1. The van der Waals surface area contributed by atoms with Crippen molar-refractivity contribution in [2.75, 3.05) is 30.4 Å². The number of nitrogens with zero attached hydrogens (tertiary/aromatic N) is 2. The molecule has 6 heteroatoms. The molecule has 25 heavy (non-hydrogen) atoms. The number of anilines is 2. The van der Waals surface area contributed by atoms with Gasteiger partial charge >= 0.3 is 0 Å². The Morgan fingerprint density at radius 1 is 1.20 bits per heavy atom. The van der Waals surface area contributed by atoms with Gasteiger partial charge in [-0.3, -0.25) is 9.78 Å². The first-order valence-electron chi connectivity index (χ1n) is 8.44. The van der Waals surface area contributed by atoms with Crippen LogP contribution in [0.4, 0.5) is 11.4 Å². The van der Waals surface area contributed by atoms with Crippen molar-refractivity contribution in [1.29, 1.82) is 0 Å². The number of benzene rings is 1. The van der Waals surface area contributed by atoms with Gasteiger partial charge in [0.05, 0.1) is 12.1 Å². The molecule has 1 amide bonds. The molecule has 0 saturated heterocycles. The van der Waals surface area contributed by atoms with E-state index in [1.165, 1.54) is 0 Å². The van der Waals surface area contributed by atoms with Gasteiger partial charge in [0.2, 0.25) is 0 Å². The minimum Gasteiger partial charge on any atom is -0.495 e. The van der Waals surface area contributed by atoms with E-state index in [4.69, 9.17) is 16.3 Å². The molecule has 1 aromatic heterocycles. The maximum atomic E-state index is 12.5. The molecule has 2 aromatic rings. The Labute approximate surface area is 154 Å². The van der Waals surface area contributed by atoms with Crippen LogP contribution in [0.2, 0.25) is 5.02 Å². The topological polar surface area (TPSA) is 54.5 Å². The predicted octanol–water partition coefficient (Wildman–Crippen LogP) is 4.62. The molecular formula is C19H24ClN3O2. The number of rotatable bonds is 8. The molecule has 134 valence electrons. The summed E-state index contributed by atoms with van der Waals surface area (Å²) >= 11 is 6.10. The van der Waals surface area contributed by atoms with E-state index in [2.05, 4.69) is 29.0 Å². The van der Waals surface area contributed by atoms with E-state index in [0.717, 1.165) is 31.6 Å². The maximum Gasteiger partial charge on any atom is 0.274 e. The summed E-state index contributed by atoms with van der Waals surface area (Å²) < 4.78 is 5.12. The number of hydrogen-bond donors (Lipinski definition) is 1. The van der Waals surface area contributed by atoms with E-state index in [-0.39, 0.29) is 5.91 Å². The van der Waals surface area contributed by atoms with Gasteiger partial charge in [-0.05, 0) is 43.2 Å². The molecule has 0 aliphatic rings. The normalized spacial score (nSPS) is 10.4. The molecule has 1 heterocycles. The number of methoxy groups -OCH3 is 1. The fraction of sp³-hybridized carbons (Fsp3) is 0.368. The summed E-state index contributed by atoms with van der Waals surface area (Å²) in [6, 6.07) is 8.87. The molecule has 0 atom stereocenters. The highest BCUT2D eigenvalue weighted by atomic mass is 35.5. The number of pyridine rings is 1. The lowest BCUT2D eigenvalue weighted by Crippen LogP contribution is -2.25. The third kappa shape index (κ3) is 5.10. The van der Waals surface area contributed by atoms with E-state index in [1.807, 2.05) is 12.1 Å². The van der Waals surface area contributed by atoms with E-state index in [9.17, 15) is 4.79 Å². The van der Waals surface area contributed by atoms with Crippen LogP contribution in [-0.4, -0.2) is 31.1 Å². The van der Waals surface area contributed by atoms with Gasteiger partial charge in [0.1, 0.15) is 11.4 Å². The molecule has 2 rings (SSSR count). The molecule has 5 nitrogen and oxygen atoms in total. The van der Waals surface area contributed by atoms with Crippen molar-refractivity contribution >= 4 is 28.9 Å². The minimum absolute atomic E-state index is 0.268. The second-order valence-corrected chi connectivity index (χ2v) is 6.10. The van der Waals surface area contributed by atoms with Gasteiger partial charge in [0.25, 0.3) is 5.91 Å². The van der Waals surface area contributed by atoms with Crippen molar-refractivity contribution in [3.05, 3.63) is 47.2 Å². The van der Waals surface area contributed by atoms with E-state index in [0.29, 0.717) is 22.2 Å². The smallest absolute Gasteiger partial charge is 0.274 e. The van der Waals surface area contributed by atoms with Crippen LogP contribution >= 0.6 is 11.6 Å². The van der Waals surface area contributed by atoms with Crippen molar-refractivity contribution in [2.45, 2.75) is 26.7 Å². The second kappa shape index (κ2) is 9.28. The van der Waals surface area contributed by atoms with Gasteiger partial charge in [0.15, 0.2) is 0 Å². The van der Waals surface area contributed by atoms with E-state index >= 15 is 0 Å².